The van der Waals surface area contributed by atoms with Crippen LogP contribution in [-0.2, 0) is 0 Å². The predicted octanol–water partition coefficient (Wildman–Crippen LogP) is 4.00. The Morgan fingerprint density at radius 1 is 1.29 bits per heavy atom. The maximum Gasteiger partial charge on any atom is 0.306 e. The molecule has 2 N–H and O–H groups in total. The Balaban J connectivity index is 2.24. The summed E-state index contributed by atoms with van der Waals surface area (Å²) in [6.07, 6.45) is 0.732. The average molecular weight is 290 g/mol. The molecule has 0 bridgehead atoms. The number of phenols is 1. The molecule has 0 fully saturated rings. The molecule has 2 aromatic carbocycles. The molecule has 0 saturated heterocycles. The fourth-order valence-corrected chi connectivity index (χ4v) is 2.07. The van der Waals surface area contributed by atoms with Crippen molar-refractivity contribution in [3.63, 3.8) is 0 Å². The number of phenolic OH excluding ortho intramolecular Hbond substituents is 1. The van der Waals surface area contributed by atoms with Crippen LogP contribution < -0.4 is 5.32 Å². The molecule has 21 heavy (non-hydrogen) atoms. The van der Waals surface area contributed by atoms with Crippen molar-refractivity contribution < 1.29 is 14.4 Å². The Morgan fingerprint density at radius 2 is 1.95 bits per heavy atom. The summed E-state index contributed by atoms with van der Waals surface area (Å²) >= 11 is 0. The molecular formula is C15H15FN2O3. The van der Waals surface area contributed by atoms with Gasteiger partial charge in [0.15, 0.2) is 0 Å². The van der Waals surface area contributed by atoms with Gasteiger partial charge in [0, 0.05) is 11.8 Å². The van der Waals surface area contributed by atoms with E-state index in [1.54, 1.807) is 24.3 Å². The second-order valence-corrected chi connectivity index (χ2v) is 4.62. The molecule has 2 aromatic rings. The summed E-state index contributed by atoms with van der Waals surface area (Å²) < 4.78 is 13.3. The highest BCUT2D eigenvalue weighted by Crippen LogP contribution is 2.27. The van der Waals surface area contributed by atoms with Gasteiger partial charge in [-0.3, -0.25) is 10.1 Å². The third-order valence-electron chi connectivity index (χ3n) is 3.19. The van der Waals surface area contributed by atoms with Crippen LogP contribution in [0.3, 0.4) is 0 Å². The lowest BCUT2D eigenvalue weighted by atomic mass is 10.0. The Bertz CT molecular complexity index is 644. The van der Waals surface area contributed by atoms with Crippen LogP contribution in [0, 0.1) is 15.9 Å². The number of benzene rings is 2. The summed E-state index contributed by atoms with van der Waals surface area (Å²) in [5.41, 5.74) is 0.853. The Hall–Kier alpha value is -2.63. The Labute approximate surface area is 121 Å². The van der Waals surface area contributed by atoms with E-state index in [9.17, 15) is 19.6 Å². The van der Waals surface area contributed by atoms with Crippen LogP contribution in [0.1, 0.15) is 24.9 Å². The van der Waals surface area contributed by atoms with Crippen LogP contribution in [-0.4, -0.2) is 10.0 Å². The zero-order chi connectivity index (χ0) is 15.4. The number of rotatable bonds is 5. The second kappa shape index (κ2) is 6.21. The van der Waals surface area contributed by atoms with Crippen LogP contribution in [0.25, 0.3) is 0 Å². The molecule has 1 unspecified atom stereocenters. The molecule has 0 aliphatic heterocycles. The fraction of sp³-hybridized carbons (Fsp3) is 0.200. The number of anilines is 1. The topological polar surface area (TPSA) is 75.4 Å². The van der Waals surface area contributed by atoms with Crippen molar-refractivity contribution in [2.24, 2.45) is 0 Å². The number of hydrogen-bond donors (Lipinski definition) is 2. The number of nitro groups is 1. The van der Waals surface area contributed by atoms with Gasteiger partial charge in [-0.1, -0.05) is 19.1 Å². The van der Waals surface area contributed by atoms with Crippen LogP contribution >= 0.6 is 0 Å². The molecule has 0 saturated carbocycles. The largest absolute Gasteiger partial charge is 0.508 e. The molecule has 1 atom stereocenters. The van der Waals surface area contributed by atoms with Crippen molar-refractivity contribution in [3.05, 3.63) is 64.0 Å². The summed E-state index contributed by atoms with van der Waals surface area (Å²) in [7, 11) is 0. The predicted molar refractivity (Wildman–Crippen MR) is 77.8 cm³/mol. The van der Waals surface area contributed by atoms with E-state index < -0.39 is 16.4 Å². The number of nitrogens with one attached hydrogen (secondary N) is 1. The van der Waals surface area contributed by atoms with Gasteiger partial charge in [-0.15, -0.1) is 0 Å². The molecule has 0 aromatic heterocycles. The quantitative estimate of drug-likeness (QED) is 0.644. The molecular weight excluding hydrogens is 275 g/mol. The minimum atomic E-state index is -0.858. The van der Waals surface area contributed by atoms with Gasteiger partial charge in [0.05, 0.1) is 11.0 Å². The number of nitrogens with zero attached hydrogens (tertiary/aromatic N) is 1. The van der Waals surface area contributed by atoms with Gasteiger partial charge in [0.2, 0.25) is 5.82 Å². The maximum atomic E-state index is 13.3. The van der Waals surface area contributed by atoms with Crippen molar-refractivity contribution in [1.29, 1.82) is 0 Å². The lowest BCUT2D eigenvalue weighted by Crippen LogP contribution is -2.10. The number of aromatic hydroxyl groups is 1. The minimum Gasteiger partial charge on any atom is -0.508 e. The van der Waals surface area contributed by atoms with Gasteiger partial charge in [0.25, 0.3) is 0 Å². The van der Waals surface area contributed by atoms with Crippen LogP contribution in [0.15, 0.2) is 42.5 Å². The molecule has 0 aliphatic carbocycles. The van der Waals surface area contributed by atoms with E-state index in [1.807, 2.05) is 6.92 Å². The third-order valence-corrected chi connectivity index (χ3v) is 3.19. The van der Waals surface area contributed by atoms with E-state index in [0.29, 0.717) is 5.69 Å². The van der Waals surface area contributed by atoms with Gasteiger partial charge < -0.3 is 10.4 Å². The summed E-state index contributed by atoms with van der Waals surface area (Å²) in [6, 6.07) is 10.3. The number of halogens is 1. The van der Waals surface area contributed by atoms with E-state index in [1.165, 1.54) is 12.1 Å². The smallest absolute Gasteiger partial charge is 0.306 e. The molecule has 0 spiro atoms. The monoisotopic (exact) mass is 290 g/mol. The Morgan fingerprint density at radius 3 is 2.52 bits per heavy atom. The molecule has 0 aliphatic rings. The van der Waals surface area contributed by atoms with E-state index in [0.717, 1.165) is 18.1 Å². The van der Waals surface area contributed by atoms with Gasteiger partial charge in [0.1, 0.15) is 5.75 Å². The number of hydrogen-bond acceptors (Lipinski definition) is 4. The third kappa shape index (κ3) is 3.47. The molecule has 6 heteroatoms. The summed E-state index contributed by atoms with van der Waals surface area (Å²) in [4.78, 5) is 10.00. The fourth-order valence-electron chi connectivity index (χ4n) is 2.07. The molecule has 0 radical (unpaired) electrons. The zero-order valence-corrected chi connectivity index (χ0v) is 11.4. The van der Waals surface area contributed by atoms with Crippen LogP contribution in [0.2, 0.25) is 0 Å². The lowest BCUT2D eigenvalue weighted by molar-refractivity contribution is -0.387. The summed E-state index contributed by atoms with van der Waals surface area (Å²) in [5, 5.41) is 23.2. The van der Waals surface area contributed by atoms with Gasteiger partial charge >= 0.3 is 5.69 Å². The standard InChI is InChI=1S/C15H15FN2O3/c1-2-14(10-3-6-12(19)7-4-10)17-11-5-8-13(16)15(9-11)18(20)21/h3-9,14,17,19H,2H2,1H3. The lowest BCUT2D eigenvalue weighted by Gasteiger charge is -2.18. The first-order chi connectivity index (χ1) is 10.0. The van der Waals surface area contributed by atoms with Gasteiger partial charge in [-0.25, -0.2) is 0 Å². The first-order valence-corrected chi connectivity index (χ1v) is 6.50. The van der Waals surface area contributed by atoms with Crippen molar-refractivity contribution in [3.8, 4) is 5.75 Å². The molecule has 110 valence electrons. The van der Waals surface area contributed by atoms with E-state index in [-0.39, 0.29) is 11.8 Å². The number of nitro benzene ring substituents is 1. The minimum absolute atomic E-state index is 0.0873. The van der Waals surface area contributed by atoms with Crippen molar-refractivity contribution in [1.82, 2.24) is 0 Å². The van der Waals surface area contributed by atoms with E-state index in [4.69, 9.17) is 0 Å². The van der Waals surface area contributed by atoms with Crippen LogP contribution in [0.4, 0.5) is 15.8 Å². The van der Waals surface area contributed by atoms with Crippen molar-refractivity contribution >= 4 is 11.4 Å². The van der Waals surface area contributed by atoms with E-state index >= 15 is 0 Å². The normalized spacial score (nSPS) is 11.9. The second-order valence-electron chi connectivity index (χ2n) is 4.62. The maximum absolute atomic E-state index is 13.3. The molecule has 2 rings (SSSR count). The molecule has 0 amide bonds. The Kier molecular flexibility index (Phi) is 4.37. The van der Waals surface area contributed by atoms with Crippen LogP contribution in [0.5, 0.6) is 5.75 Å². The highest BCUT2D eigenvalue weighted by Gasteiger charge is 2.16. The first-order valence-electron chi connectivity index (χ1n) is 6.50. The molecule has 0 heterocycles. The van der Waals surface area contributed by atoms with E-state index in [2.05, 4.69) is 5.32 Å². The van der Waals surface area contributed by atoms with Gasteiger partial charge in [-0.2, -0.15) is 4.39 Å². The zero-order valence-electron chi connectivity index (χ0n) is 11.4. The SMILES string of the molecule is CCC(Nc1ccc(F)c([N+](=O)[O-])c1)c1ccc(O)cc1. The van der Waals surface area contributed by atoms with Gasteiger partial charge in [-0.05, 0) is 36.2 Å². The highest BCUT2D eigenvalue weighted by atomic mass is 19.1. The highest BCUT2D eigenvalue weighted by molar-refractivity contribution is 5.53. The van der Waals surface area contributed by atoms with Crippen molar-refractivity contribution in [2.75, 3.05) is 5.32 Å². The summed E-state index contributed by atoms with van der Waals surface area (Å²) in [6.45, 7) is 1.96. The average Bonchev–Trinajstić information content (AvgIpc) is 2.47. The first kappa shape index (κ1) is 14.8. The van der Waals surface area contributed by atoms with Crippen molar-refractivity contribution in [2.45, 2.75) is 19.4 Å². The summed E-state index contributed by atoms with van der Waals surface area (Å²) in [5.74, 6) is -0.686. The molecule has 5 nitrogen and oxygen atoms in total.